The van der Waals surface area contributed by atoms with Gasteiger partial charge in [0.15, 0.2) is 0 Å². The highest BCUT2D eigenvalue weighted by molar-refractivity contribution is 5.83. The summed E-state index contributed by atoms with van der Waals surface area (Å²) in [5, 5.41) is 0. The van der Waals surface area contributed by atoms with Gasteiger partial charge in [-0.05, 0) is 80.5 Å². The molecule has 5 rings (SSSR count). The quantitative estimate of drug-likeness (QED) is 0.677. The number of hydrogen-bond acceptors (Lipinski definition) is 1. The van der Waals surface area contributed by atoms with Gasteiger partial charge in [-0.2, -0.15) is 0 Å². The minimum Gasteiger partial charge on any atom is -0.299 e. The zero-order chi connectivity index (χ0) is 12.3. The van der Waals surface area contributed by atoms with Gasteiger partial charge >= 0.3 is 0 Å². The molecule has 5 fully saturated rings. The van der Waals surface area contributed by atoms with Crippen LogP contribution in [0.3, 0.4) is 0 Å². The van der Waals surface area contributed by atoms with Crippen molar-refractivity contribution in [3.63, 3.8) is 0 Å². The highest BCUT2D eigenvalue weighted by atomic mass is 16.1. The number of rotatable bonds is 1. The van der Waals surface area contributed by atoms with Crippen molar-refractivity contribution < 1.29 is 4.79 Å². The summed E-state index contributed by atoms with van der Waals surface area (Å²) >= 11 is 0. The maximum atomic E-state index is 12.5. The second-order valence-electron chi connectivity index (χ2n) is 8.09. The van der Waals surface area contributed by atoms with Gasteiger partial charge in [0.05, 0.1) is 0 Å². The van der Waals surface area contributed by atoms with Crippen LogP contribution in [0.1, 0.15) is 64.7 Å². The van der Waals surface area contributed by atoms with Gasteiger partial charge in [0.1, 0.15) is 5.78 Å². The van der Waals surface area contributed by atoms with Crippen LogP contribution in [0, 0.1) is 35.0 Å². The molecule has 1 nitrogen and oxygen atoms in total. The van der Waals surface area contributed by atoms with E-state index in [1.54, 1.807) is 0 Å². The summed E-state index contributed by atoms with van der Waals surface area (Å²) in [6.45, 7) is 2.36. The molecule has 0 unspecified atom stereocenters. The molecule has 0 heterocycles. The molecular formula is C17H26O. The van der Waals surface area contributed by atoms with Crippen molar-refractivity contribution in [3.8, 4) is 0 Å². The first-order valence-electron chi connectivity index (χ1n) is 8.19. The Balaban J connectivity index is 1.68. The topological polar surface area (TPSA) is 17.1 Å². The number of carbonyl (C=O) groups is 1. The van der Waals surface area contributed by atoms with Crippen LogP contribution in [0.2, 0.25) is 0 Å². The molecule has 5 saturated carbocycles. The van der Waals surface area contributed by atoms with Crippen LogP contribution in [0.5, 0.6) is 0 Å². The van der Waals surface area contributed by atoms with Crippen molar-refractivity contribution in [1.29, 1.82) is 0 Å². The van der Waals surface area contributed by atoms with Crippen LogP contribution in [-0.4, -0.2) is 5.78 Å². The molecule has 18 heavy (non-hydrogen) atoms. The van der Waals surface area contributed by atoms with Gasteiger partial charge in [0.25, 0.3) is 0 Å². The summed E-state index contributed by atoms with van der Waals surface area (Å²) in [6, 6.07) is 0. The molecule has 0 aromatic carbocycles. The number of ketones is 1. The Bertz CT molecular complexity index is 335. The average molecular weight is 246 g/mol. The molecule has 2 atom stereocenters. The summed E-state index contributed by atoms with van der Waals surface area (Å²) in [6.07, 6.45) is 12.0. The van der Waals surface area contributed by atoms with E-state index in [9.17, 15) is 4.79 Å². The lowest BCUT2D eigenvalue weighted by Crippen LogP contribution is -2.53. The van der Waals surface area contributed by atoms with Crippen LogP contribution >= 0.6 is 0 Å². The molecule has 0 saturated heterocycles. The standard InChI is InChI=1S/C17H26O/c1-11-3-2-4-15(18)16(11)17-8-12-5-13(9-17)7-14(6-12)10-17/h11-14,16H,2-10H2,1H3/t11-,12?,13?,14?,16-,17?/m0/s1. The third kappa shape index (κ3) is 1.55. The highest BCUT2D eigenvalue weighted by Gasteiger charge is 2.56. The van der Waals surface area contributed by atoms with Crippen LogP contribution in [-0.2, 0) is 4.79 Å². The Hall–Kier alpha value is -0.330. The van der Waals surface area contributed by atoms with Crippen molar-refractivity contribution >= 4 is 5.78 Å². The monoisotopic (exact) mass is 246 g/mol. The fourth-order valence-electron chi connectivity index (χ4n) is 6.74. The maximum absolute atomic E-state index is 12.5. The summed E-state index contributed by atoms with van der Waals surface area (Å²) in [4.78, 5) is 12.5. The Morgan fingerprint density at radius 2 is 1.56 bits per heavy atom. The minimum atomic E-state index is 0.444. The summed E-state index contributed by atoms with van der Waals surface area (Å²) in [7, 11) is 0. The molecule has 0 aliphatic heterocycles. The lowest BCUT2D eigenvalue weighted by atomic mass is 9.44. The first-order valence-corrected chi connectivity index (χ1v) is 8.19. The van der Waals surface area contributed by atoms with Crippen LogP contribution in [0.15, 0.2) is 0 Å². The predicted molar refractivity (Wildman–Crippen MR) is 72.1 cm³/mol. The van der Waals surface area contributed by atoms with E-state index in [4.69, 9.17) is 0 Å². The first-order chi connectivity index (χ1) is 8.66. The largest absolute Gasteiger partial charge is 0.299 e. The Kier molecular flexibility index (Phi) is 2.45. The second-order valence-corrected chi connectivity index (χ2v) is 8.09. The molecule has 4 bridgehead atoms. The molecule has 100 valence electrons. The zero-order valence-electron chi connectivity index (χ0n) is 11.7. The van der Waals surface area contributed by atoms with Gasteiger partial charge in [-0.25, -0.2) is 0 Å². The van der Waals surface area contributed by atoms with Gasteiger partial charge in [-0.15, -0.1) is 0 Å². The van der Waals surface area contributed by atoms with Crippen molar-refractivity contribution in [1.82, 2.24) is 0 Å². The van der Waals surface area contributed by atoms with E-state index < -0.39 is 0 Å². The van der Waals surface area contributed by atoms with E-state index in [0.717, 1.165) is 30.6 Å². The predicted octanol–water partition coefficient (Wildman–Crippen LogP) is 4.21. The molecule has 0 N–H and O–H groups in total. The van der Waals surface area contributed by atoms with Gasteiger partial charge in [0.2, 0.25) is 0 Å². The van der Waals surface area contributed by atoms with E-state index in [0.29, 0.717) is 23.0 Å². The SMILES string of the molecule is C[C@H]1CCCC(=O)[C@H]1C12CC3CC(CC(C3)C1)C2. The molecule has 0 radical (unpaired) electrons. The summed E-state index contributed by atoms with van der Waals surface area (Å²) in [5.41, 5.74) is 0.464. The second kappa shape index (κ2) is 3.84. The molecule has 0 spiro atoms. The molecule has 1 heteroatoms. The Morgan fingerprint density at radius 1 is 1.00 bits per heavy atom. The van der Waals surface area contributed by atoms with Crippen molar-refractivity contribution in [2.75, 3.05) is 0 Å². The molecule has 5 aliphatic rings. The maximum Gasteiger partial charge on any atom is 0.136 e. The van der Waals surface area contributed by atoms with E-state index in [-0.39, 0.29) is 0 Å². The molecular weight excluding hydrogens is 220 g/mol. The van der Waals surface area contributed by atoms with Gasteiger partial charge < -0.3 is 0 Å². The van der Waals surface area contributed by atoms with Crippen molar-refractivity contribution in [3.05, 3.63) is 0 Å². The van der Waals surface area contributed by atoms with Gasteiger partial charge in [-0.1, -0.05) is 6.92 Å². The number of Topliss-reactive ketones (excluding diaryl/α,β-unsaturated/α-hetero) is 1. The molecule has 0 aromatic rings. The fraction of sp³-hybridized carbons (Fsp3) is 0.941. The van der Waals surface area contributed by atoms with E-state index >= 15 is 0 Å². The number of carbonyl (C=O) groups excluding carboxylic acids is 1. The molecule has 5 aliphatic carbocycles. The Labute approximate surface area is 111 Å². The summed E-state index contributed by atoms with van der Waals surface area (Å²) < 4.78 is 0. The van der Waals surface area contributed by atoms with E-state index in [1.165, 1.54) is 44.9 Å². The normalized spacial score (nSPS) is 54.9. The Morgan fingerprint density at radius 3 is 2.06 bits per heavy atom. The van der Waals surface area contributed by atoms with Crippen molar-refractivity contribution in [2.24, 2.45) is 35.0 Å². The van der Waals surface area contributed by atoms with Crippen LogP contribution in [0.25, 0.3) is 0 Å². The zero-order valence-corrected chi connectivity index (χ0v) is 11.7. The smallest absolute Gasteiger partial charge is 0.136 e. The lowest BCUT2D eigenvalue weighted by molar-refractivity contribution is -0.147. The third-order valence-electron chi connectivity index (χ3n) is 6.74. The minimum absolute atomic E-state index is 0.444. The van der Waals surface area contributed by atoms with Gasteiger partial charge in [-0.3, -0.25) is 4.79 Å². The van der Waals surface area contributed by atoms with E-state index in [2.05, 4.69) is 6.92 Å². The highest BCUT2D eigenvalue weighted by Crippen LogP contribution is 2.64. The molecule has 0 amide bonds. The fourth-order valence-corrected chi connectivity index (χ4v) is 6.74. The average Bonchev–Trinajstić information content (AvgIpc) is 2.26. The van der Waals surface area contributed by atoms with Gasteiger partial charge in [0, 0.05) is 12.3 Å². The molecule has 0 aromatic heterocycles. The first kappa shape index (κ1) is 11.5. The number of hydrogen-bond donors (Lipinski definition) is 0. The van der Waals surface area contributed by atoms with Crippen LogP contribution in [0.4, 0.5) is 0 Å². The lowest BCUT2D eigenvalue weighted by Gasteiger charge is -2.60. The summed E-state index contributed by atoms with van der Waals surface area (Å²) in [5.74, 6) is 4.70. The van der Waals surface area contributed by atoms with Crippen molar-refractivity contribution in [2.45, 2.75) is 64.7 Å². The van der Waals surface area contributed by atoms with Crippen LogP contribution < -0.4 is 0 Å². The van der Waals surface area contributed by atoms with E-state index in [1.807, 2.05) is 0 Å². The third-order valence-corrected chi connectivity index (χ3v) is 6.74.